The molecule has 68 valence electrons. The molecule has 2 radical (unpaired) electrons. The van der Waals surface area contributed by atoms with E-state index in [1.165, 1.54) is 0 Å². The van der Waals surface area contributed by atoms with Gasteiger partial charge < -0.3 is 10.1 Å². The molecular formula is C10H11NO2. The molecule has 0 spiro atoms. The highest BCUT2D eigenvalue weighted by Gasteiger charge is 1.98. The molecule has 0 aliphatic carbocycles. The summed E-state index contributed by atoms with van der Waals surface area (Å²) >= 11 is 0. The Kier molecular flexibility index (Phi) is 3.82. The summed E-state index contributed by atoms with van der Waals surface area (Å²) in [7, 11) is 0. The average molecular weight is 177 g/mol. The van der Waals surface area contributed by atoms with E-state index < -0.39 is 6.09 Å². The number of ether oxygens (including phenoxy) is 1. The van der Waals surface area contributed by atoms with E-state index in [4.69, 9.17) is 11.7 Å². The summed E-state index contributed by atoms with van der Waals surface area (Å²) in [6, 6.07) is 9.45. The number of hydrogen-bond donors (Lipinski definition) is 1. The topological polar surface area (TPSA) is 38.3 Å². The number of carbonyl (C=O) groups is 1. The summed E-state index contributed by atoms with van der Waals surface area (Å²) < 4.78 is 4.84. The fraction of sp³-hybridized carbons (Fsp3) is 0.200. The normalized spacial score (nSPS) is 9.31. The van der Waals surface area contributed by atoms with Crippen LogP contribution in [-0.4, -0.2) is 12.6 Å². The van der Waals surface area contributed by atoms with Crippen molar-refractivity contribution < 1.29 is 9.53 Å². The maximum atomic E-state index is 10.8. The number of rotatable bonds is 3. The highest BCUT2D eigenvalue weighted by atomic mass is 16.5. The van der Waals surface area contributed by atoms with Crippen molar-refractivity contribution in [1.29, 1.82) is 0 Å². The molecule has 0 fully saturated rings. The fourth-order valence-corrected chi connectivity index (χ4v) is 0.857. The van der Waals surface area contributed by atoms with Crippen molar-refractivity contribution in [3.05, 3.63) is 42.8 Å². The van der Waals surface area contributed by atoms with E-state index in [0.29, 0.717) is 0 Å². The Balaban J connectivity index is 2.31. The molecule has 0 saturated heterocycles. The second kappa shape index (κ2) is 5.19. The van der Waals surface area contributed by atoms with Crippen LogP contribution in [0.5, 0.6) is 0 Å². The van der Waals surface area contributed by atoms with E-state index in [1.807, 2.05) is 30.3 Å². The zero-order chi connectivity index (χ0) is 9.52. The number of hydrogen-bond acceptors (Lipinski definition) is 2. The van der Waals surface area contributed by atoms with Gasteiger partial charge in [-0.3, -0.25) is 0 Å². The van der Waals surface area contributed by atoms with E-state index in [2.05, 4.69) is 5.32 Å². The Morgan fingerprint density at radius 3 is 2.69 bits per heavy atom. The van der Waals surface area contributed by atoms with Crippen LogP contribution in [-0.2, 0) is 11.3 Å². The monoisotopic (exact) mass is 177 g/mol. The third kappa shape index (κ3) is 3.60. The Morgan fingerprint density at radius 1 is 1.38 bits per heavy atom. The van der Waals surface area contributed by atoms with Crippen molar-refractivity contribution >= 4 is 6.09 Å². The summed E-state index contributed by atoms with van der Waals surface area (Å²) in [5.74, 6) is 0. The van der Waals surface area contributed by atoms with Crippen molar-refractivity contribution in [2.75, 3.05) is 6.54 Å². The van der Waals surface area contributed by atoms with Gasteiger partial charge in [-0.05, 0) is 12.5 Å². The first-order valence-corrected chi connectivity index (χ1v) is 3.97. The standard InChI is InChI=1S/C10H11NO2/c1-2-11-10(12)13-8-9-6-4-3-5-7-9/h1,3-7H,2,8H2,(H,11,12). The third-order valence-corrected chi connectivity index (χ3v) is 1.46. The molecule has 0 aliphatic rings. The molecule has 0 heterocycles. The first kappa shape index (κ1) is 9.58. The van der Waals surface area contributed by atoms with Crippen LogP contribution in [0.3, 0.4) is 0 Å². The lowest BCUT2D eigenvalue weighted by atomic mass is 10.2. The molecule has 3 heteroatoms. The second-order valence-electron chi connectivity index (χ2n) is 2.44. The average Bonchev–Trinajstić information content (AvgIpc) is 2.17. The summed E-state index contributed by atoms with van der Waals surface area (Å²) in [5.41, 5.74) is 0.953. The van der Waals surface area contributed by atoms with Gasteiger partial charge in [0.1, 0.15) is 6.61 Å². The summed E-state index contributed by atoms with van der Waals surface area (Å²) in [6.07, 6.45) is -0.494. The Morgan fingerprint density at radius 2 is 2.08 bits per heavy atom. The van der Waals surface area contributed by atoms with Gasteiger partial charge in [-0.15, -0.1) is 0 Å². The van der Waals surface area contributed by atoms with Crippen molar-refractivity contribution in [1.82, 2.24) is 5.32 Å². The van der Waals surface area contributed by atoms with Gasteiger partial charge in [0.2, 0.25) is 0 Å². The van der Waals surface area contributed by atoms with Crippen molar-refractivity contribution in [2.45, 2.75) is 6.61 Å². The highest BCUT2D eigenvalue weighted by molar-refractivity contribution is 5.67. The second-order valence-corrected chi connectivity index (χ2v) is 2.44. The lowest BCUT2D eigenvalue weighted by Gasteiger charge is -2.04. The minimum Gasteiger partial charge on any atom is -0.445 e. The predicted octanol–water partition coefficient (Wildman–Crippen LogP) is 1.62. The van der Waals surface area contributed by atoms with Gasteiger partial charge in [-0.25, -0.2) is 4.79 Å². The lowest BCUT2D eigenvalue weighted by Crippen LogP contribution is -2.23. The molecule has 1 amide bonds. The van der Waals surface area contributed by atoms with Crippen LogP contribution in [0.1, 0.15) is 5.56 Å². The largest absolute Gasteiger partial charge is 0.445 e. The maximum Gasteiger partial charge on any atom is 0.407 e. The van der Waals surface area contributed by atoms with Crippen molar-refractivity contribution in [3.8, 4) is 0 Å². The minimum absolute atomic E-state index is 0.0909. The van der Waals surface area contributed by atoms with Crippen LogP contribution in [0.2, 0.25) is 0 Å². The number of alkyl carbamates (subject to hydrolysis) is 1. The summed E-state index contributed by atoms with van der Waals surface area (Å²) in [5, 5.41) is 2.33. The van der Waals surface area contributed by atoms with E-state index in [0.717, 1.165) is 5.56 Å². The van der Waals surface area contributed by atoms with E-state index in [1.54, 1.807) is 0 Å². The molecule has 1 rings (SSSR count). The quantitative estimate of drug-likeness (QED) is 0.761. The number of carbonyl (C=O) groups excluding carboxylic acids is 1. The van der Waals surface area contributed by atoms with Gasteiger partial charge in [-0.1, -0.05) is 30.3 Å². The molecule has 0 bridgehead atoms. The van der Waals surface area contributed by atoms with E-state index >= 15 is 0 Å². The van der Waals surface area contributed by atoms with E-state index in [9.17, 15) is 4.79 Å². The van der Waals surface area contributed by atoms with Gasteiger partial charge >= 0.3 is 6.09 Å². The Hall–Kier alpha value is -1.51. The smallest absolute Gasteiger partial charge is 0.407 e. The molecule has 0 aromatic heterocycles. The summed E-state index contributed by atoms with van der Waals surface area (Å²) in [6.45, 7) is 5.45. The number of nitrogens with one attached hydrogen (secondary N) is 1. The third-order valence-electron chi connectivity index (χ3n) is 1.46. The lowest BCUT2D eigenvalue weighted by molar-refractivity contribution is 0.140. The van der Waals surface area contributed by atoms with Crippen LogP contribution in [0.4, 0.5) is 4.79 Å². The minimum atomic E-state index is -0.494. The van der Waals surface area contributed by atoms with Gasteiger partial charge in [0.15, 0.2) is 0 Å². The fourth-order valence-electron chi connectivity index (χ4n) is 0.857. The van der Waals surface area contributed by atoms with Crippen molar-refractivity contribution in [2.24, 2.45) is 0 Å². The Labute approximate surface area is 77.7 Å². The molecule has 13 heavy (non-hydrogen) atoms. The molecular weight excluding hydrogens is 166 g/mol. The number of benzene rings is 1. The van der Waals surface area contributed by atoms with Gasteiger partial charge in [-0.2, -0.15) is 0 Å². The van der Waals surface area contributed by atoms with Crippen LogP contribution in [0, 0.1) is 6.92 Å². The van der Waals surface area contributed by atoms with Crippen LogP contribution < -0.4 is 5.32 Å². The SMILES string of the molecule is [CH]CNC(=O)OCc1ccccc1. The van der Waals surface area contributed by atoms with Gasteiger partial charge in [0.25, 0.3) is 0 Å². The Bertz CT molecular complexity index is 259. The molecule has 0 atom stereocenters. The molecule has 3 nitrogen and oxygen atoms in total. The molecule has 0 saturated carbocycles. The van der Waals surface area contributed by atoms with Crippen molar-refractivity contribution in [3.63, 3.8) is 0 Å². The molecule has 0 aliphatic heterocycles. The number of amides is 1. The zero-order valence-electron chi connectivity index (χ0n) is 7.19. The predicted molar refractivity (Wildman–Crippen MR) is 48.9 cm³/mol. The zero-order valence-corrected chi connectivity index (χ0v) is 7.19. The van der Waals surface area contributed by atoms with E-state index in [-0.39, 0.29) is 13.2 Å². The molecule has 1 aromatic rings. The van der Waals surface area contributed by atoms with Crippen LogP contribution in [0.15, 0.2) is 30.3 Å². The van der Waals surface area contributed by atoms with Gasteiger partial charge in [0.05, 0.1) is 0 Å². The first-order chi connectivity index (χ1) is 6.33. The summed E-state index contributed by atoms with van der Waals surface area (Å²) in [4.78, 5) is 10.8. The van der Waals surface area contributed by atoms with Crippen LogP contribution in [0.25, 0.3) is 0 Å². The van der Waals surface area contributed by atoms with Crippen LogP contribution >= 0.6 is 0 Å². The maximum absolute atomic E-state index is 10.8. The highest BCUT2D eigenvalue weighted by Crippen LogP contribution is 1.99. The molecule has 0 unspecified atom stereocenters. The molecule has 1 aromatic carbocycles. The first-order valence-electron chi connectivity index (χ1n) is 3.97. The van der Waals surface area contributed by atoms with Gasteiger partial charge in [0, 0.05) is 6.54 Å². The molecule has 1 N–H and O–H groups in total.